The van der Waals surface area contributed by atoms with Crippen LogP contribution in [0.4, 0.5) is 0 Å². The number of aryl methyl sites for hydroxylation is 1. The van der Waals surface area contributed by atoms with Crippen molar-refractivity contribution in [2.75, 3.05) is 13.7 Å². The molecule has 0 radical (unpaired) electrons. The zero-order valence-corrected chi connectivity index (χ0v) is 10.9. The molecule has 0 atom stereocenters. The van der Waals surface area contributed by atoms with Gasteiger partial charge in [0.25, 0.3) is 5.91 Å². The molecule has 0 bridgehead atoms. The van der Waals surface area contributed by atoms with Crippen molar-refractivity contribution in [2.24, 2.45) is 0 Å². The molecule has 18 heavy (non-hydrogen) atoms. The minimum Gasteiger partial charge on any atom is -0.468 e. The monoisotopic (exact) mass is 264 g/mol. The molecule has 5 heteroatoms. The van der Waals surface area contributed by atoms with Gasteiger partial charge in [-0.15, -0.1) is 0 Å². The first-order valence-electron chi connectivity index (χ1n) is 5.51. The summed E-state index contributed by atoms with van der Waals surface area (Å²) in [6.45, 7) is 1.88. The highest BCUT2D eigenvalue weighted by atomic mass is 35.5. The van der Waals surface area contributed by atoms with Crippen LogP contribution in [0.25, 0.3) is 10.9 Å². The number of amides is 1. The first kappa shape index (κ1) is 12.6. The van der Waals surface area contributed by atoms with Gasteiger partial charge in [-0.25, -0.2) is 4.98 Å². The normalized spacial score (nSPS) is 10.4. The number of para-hydroxylation sites is 1. The summed E-state index contributed by atoms with van der Waals surface area (Å²) in [5.41, 5.74) is 1.80. The lowest BCUT2D eigenvalue weighted by atomic mass is 10.1. The van der Waals surface area contributed by atoms with Gasteiger partial charge >= 0.3 is 0 Å². The fourth-order valence-corrected chi connectivity index (χ4v) is 1.86. The molecule has 1 heterocycles. The van der Waals surface area contributed by atoms with Crippen LogP contribution < -0.4 is 10.1 Å². The molecule has 0 aliphatic rings. The number of nitrogens with zero attached hydrogens (tertiary/aromatic N) is 1. The number of fused-ring (bicyclic) bond motifs is 1. The van der Waals surface area contributed by atoms with Crippen LogP contribution in [0.3, 0.4) is 0 Å². The van der Waals surface area contributed by atoms with Crippen LogP contribution in [0, 0.1) is 6.92 Å². The van der Waals surface area contributed by atoms with Gasteiger partial charge in [0.1, 0.15) is 0 Å². The number of rotatable bonds is 3. The molecule has 0 unspecified atom stereocenters. The predicted octanol–water partition coefficient (Wildman–Crippen LogP) is 2.32. The molecule has 0 saturated heterocycles. The molecule has 0 fully saturated rings. The minimum absolute atomic E-state index is 0.0722. The summed E-state index contributed by atoms with van der Waals surface area (Å²) >= 11 is 6.16. The van der Waals surface area contributed by atoms with Gasteiger partial charge in [-0.3, -0.25) is 4.79 Å². The lowest BCUT2D eigenvalue weighted by Crippen LogP contribution is -2.25. The molecule has 2 rings (SSSR count). The summed E-state index contributed by atoms with van der Waals surface area (Å²) in [4.78, 5) is 15.5. The summed E-state index contributed by atoms with van der Waals surface area (Å²) in [6.07, 6.45) is 0. The topological polar surface area (TPSA) is 51.2 Å². The van der Waals surface area contributed by atoms with Gasteiger partial charge in [0, 0.05) is 18.5 Å². The van der Waals surface area contributed by atoms with E-state index in [1.54, 1.807) is 13.1 Å². The van der Waals surface area contributed by atoms with E-state index in [-0.39, 0.29) is 12.5 Å². The summed E-state index contributed by atoms with van der Waals surface area (Å²) in [7, 11) is 1.55. The second-order valence-corrected chi connectivity index (χ2v) is 4.28. The molecule has 1 aromatic heterocycles. The van der Waals surface area contributed by atoms with Crippen molar-refractivity contribution in [3.63, 3.8) is 0 Å². The molecule has 94 valence electrons. The largest absolute Gasteiger partial charge is 0.468 e. The number of halogens is 1. The van der Waals surface area contributed by atoms with E-state index in [4.69, 9.17) is 16.3 Å². The Kier molecular flexibility index (Phi) is 3.67. The van der Waals surface area contributed by atoms with Gasteiger partial charge in [-0.2, -0.15) is 0 Å². The standard InChI is InChI=1S/C13H13ClN2O2/c1-8-4-3-5-9-10(14)6-12(16-13(8)9)18-7-11(17)15-2/h3-6H,7H2,1-2H3,(H,15,17). The van der Waals surface area contributed by atoms with Crippen LogP contribution in [0.15, 0.2) is 24.3 Å². The van der Waals surface area contributed by atoms with E-state index in [1.165, 1.54) is 0 Å². The lowest BCUT2D eigenvalue weighted by Gasteiger charge is -2.08. The Morgan fingerprint density at radius 2 is 2.28 bits per heavy atom. The number of ether oxygens (including phenoxy) is 1. The fraction of sp³-hybridized carbons (Fsp3) is 0.231. The van der Waals surface area contributed by atoms with Gasteiger partial charge in [0.2, 0.25) is 5.88 Å². The number of aromatic nitrogens is 1. The Labute approximate surface area is 110 Å². The SMILES string of the molecule is CNC(=O)COc1cc(Cl)c2cccc(C)c2n1. The average molecular weight is 265 g/mol. The highest BCUT2D eigenvalue weighted by Crippen LogP contribution is 2.27. The second-order valence-electron chi connectivity index (χ2n) is 3.88. The van der Waals surface area contributed by atoms with Crippen LogP contribution in [-0.4, -0.2) is 24.5 Å². The number of nitrogens with one attached hydrogen (secondary N) is 1. The Balaban J connectivity index is 2.36. The van der Waals surface area contributed by atoms with Crippen LogP contribution >= 0.6 is 11.6 Å². The first-order valence-corrected chi connectivity index (χ1v) is 5.89. The van der Waals surface area contributed by atoms with Gasteiger partial charge in [0.15, 0.2) is 6.61 Å². The third-order valence-electron chi connectivity index (χ3n) is 2.60. The molecule has 0 aliphatic carbocycles. The first-order chi connectivity index (χ1) is 8.61. The van der Waals surface area contributed by atoms with E-state index in [2.05, 4.69) is 10.3 Å². The number of carbonyl (C=O) groups is 1. The molecule has 1 aromatic carbocycles. The fourth-order valence-electron chi connectivity index (χ4n) is 1.61. The average Bonchev–Trinajstić information content (AvgIpc) is 2.37. The molecular formula is C13H13ClN2O2. The number of carbonyl (C=O) groups excluding carboxylic acids is 1. The van der Waals surface area contributed by atoms with Crippen molar-refractivity contribution in [2.45, 2.75) is 6.92 Å². The van der Waals surface area contributed by atoms with E-state index >= 15 is 0 Å². The maximum Gasteiger partial charge on any atom is 0.257 e. The van der Waals surface area contributed by atoms with Gasteiger partial charge in [-0.1, -0.05) is 29.8 Å². The zero-order chi connectivity index (χ0) is 13.1. The van der Waals surface area contributed by atoms with Crippen LogP contribution in [0.2, 0.25) is 5.02 Å². The molecule has 1 N–H and O–H groups in total. The highest BCUT2D eigenvalue weighted by Gasteiger charge is 2.08. The van der Waals surface area contributed by atoms with E-state index in [1.807, 2.05) is 25.1 Å². The smallest absolute Gasteiger partial charge is 0.257 e. The van der Waals surface area contributed by atoms with Gasteiger partial charge in [0.05, 0.1) is 10.5 Å². The maximum absolute atomic E-state index is 11.1. The number of benzene rings is 1. The molecule has 0 spiro atoms. The van der Waals surface area contributed by atoms with Crippen LogP contribution in [0.1, 0.15) is 5.56 Å². The van der Waals surface area contributed by atoms with Gasteiger partial charge < -0.3 is 10.1 Å². The van der Waals surface area contributed by atoms with E-state index in [0.29, 0.717) is 10.9 Å². The Morgan fingerprint density at radius 3 is 3.00 bits per heavy atom. The van der Waals surface area contributed by atoms with E-state index in [0.717, 1.165) is 16.5 Å². The summed E-state index contributed by atoms with van der Waals surface area (Å²) in [5.74, 6) is 0.142. The Bertz CT molecular complexity index is 599. The summed E-state index contributed by atoms with van der Waals surface area (Å²) < 4.78 is 5.30. The third kappa shape index (κ3) is 2.54. The number of pyridine rings is 1. The Hall–Kier alpha value is -1.81. The molecule has 2 aromatic rings. The molecule has 4 nitrogen and oxygen atoms in total. The highest BCUT2D eigenvalue weighted by molar-refractivity contribution is 6.35. The predicted molar refractivity (Wildman–Crippen MR) is 71.1 cm³/mol. The van der Waals surface area contributed by atoms with Crippen LogP contribution in [-0.2, 0) is 4.79 Å². The van der Waals surface area contributed by atoms with Crippen LogP contribution in [0.5, 0.6) is 5.88 Å². The summed E-state index contributed by atoms with van der Waals surface area (Å²) in [6, 6.07) is 7.40. The van der Waals surface area contributed by atoms with E-state index in [9.17, 15) is 4.79 Å². The van der Waals surface area contributed by atoms with Gasteiger partial charge in [-0.05, 0) is 12.5 Å². The molecular weight excluding hydrogens is 252 g/mol. The van der Waals surface area contributed by atoms with Crippen molar-refractivity contribution in [3.05, 3.63) is 34.9 Å². The molecule has 0 aliphatic heterocycles. The van der Waals surface area contributed by atoms with Crippen molar-refractivity contribution in [3.8, 4) is 5.88 Å². The van der Waals surface area contributed by atoms with Crippen molar-refractivity contribution in [1.82, 2.24) is 10.3 Å². The molecule has 1 amide bonds. The van der Waals surface area contributed by atoms with Crippen molar-refractivity contribution >= 4 is 28.4 Å². The lowest BCUT2D eigenvalue weighted by molar-refractivity contribution is -0.122. The number of likely N-dealkylation sites (N-methyl/N-ethyl adjacent to an activating group) is 1. The summed E-state index contributed by atoms with van der Waals surface area (Å²) in [5, 5.41) is 3.92. The Morgan fingerprint density at radius 1 is 1.50 bits per heavy atom. The number of hydrogen-bond acceptors (Lipinski definition) is 3. The minimum atomic E-state index is -0.210. The third-order valence-corrected chi connectivity index (χ3v) is 2.91. The van der Waals surface area contributed by atoms with Crippen molar-refractivity contribution < 1.29 is 9.53 Å². The van der Waals surface area contributed by atoms with Crippen molar-refractivity contribution in [1.29, 1.82) is 0 Å². The van der Waals surface area contributed by atoms with E-state index < -0.39 is 0 Å². The number of hydrogen-bond donors (Lipinski definition) is 1. The molecule has 0 saturated carbocycles. The quantitative estimate of drug-likeness (QED) is 0.926. The zero-order valence-electron chi connectivity index (χ0n) is 10.2. The maximum atomic E-state index is 11.1. The second kappa shape index (κ2) is 5.23.